The molecule has 82 valence electrons. The van der Waals surface area contributed by atoms with Gasteiger partial charge in [-0.15, -0.1) is 0 Å². The maximum Gasteiger partial charge on any atom is 0.164 e. The third kappa shape index (κ3) is 1.92. The Bertz CT molecular complexity index is 201. The molecule has 4 atom stereocenters. The van der Waals surface area contributed by atoms with Crippen molar-refractivity contribution in [1.29, 1.82) is 0 Å². The van der Waals surface area contributed by atoms with Gasteiger partial charge in [-0.1, -0.05) is 0 Å². The van der Waals surface area contributed by atoms with E-state index in [-0.39, 0.29) is 0 Å². The van der Waals surface area contributed by atoms with E-state index in [2.05, 4.69) is 0 Å². The number of aliphatic hydroxyl groups excluding tert-OH is 2. The molecule has 2 fully saturated rings. The van der Waals surface area contributed by atoms with Crippen LogP contribution in [0.2, 0.25) is 0 Å². The van der Waals surface area contributed by atoms with Gasteiger partial charge in [-0.3, -0.25) is 0 Å². The smallest absolute Gasteiger partial charge is 0.164 e. The van der Waals surface area contributed by atoms with E-state index in [0.717, 1.165) is 0 Å². The van der Waals surface area contributed by atoms with Crippen LogP contribution in [0.5, 0.6) is 0 Å². The monoisotopic (exact) mass is 220 g/mol. The number of aliphatic hydroxyl groups is 2. The number of fused-ring (bicyclic) bond motifs is 1. The molecule has 0 aromatic rings. The third-order valence-electron chi connectivity index (χ3n) is 2.50. The summed E-state index contributed by atoms with van der Waals surface area (Å²) in [7, 11) is 0. The molecule has 0 amide bonds. The average Bonchev–Trinajstić information content (AvgIpc) is 2.35. The third-order valence-corrected chi connectivity index (χ3v) is 3.65. The van der Waals surface area contributed by atoms with Gasteiger partial charge in [0.15, 0.2) is 5.79 Å². The highest BCUT2D eigenvalue weighted by Crippen LogP contribution is 2.35. The normalized spacial score (nSPS) is 47.1. The molecule has 2 N–H and O–H groups in total. The lowest BCUT2D eigenvalue weighted by Crippen LogP contribution is -2.41. The predicted molar refractivity (Wildman–Crippen MR) is 53.2 cm³/mol. The number of hydrogen-bond donors (Lipinski definition) is 2. The summed E-state index contributed by atoms with van der Waals surface area (Å²) in [5.41, 5.74) is 0. The van der Waals surface area contributed by atoms with Gasteiger partial charge in [0.05, 0.1) is 12.2 Å². The lowest BCUT2D eigenvalue weighted by molar-refractivity contribution is -0.159. The van der Waals surface area contributed by atoms with E-state index in [1.54, 1.807) is 13.8 Å². The molecule has 14 heavy (non-hydrogen) atoms. The fraction of sp³-hybridized carbons (Fsp3) is 1.00. The van der Waals surface area contributed by atoms with Crippen LogP contribution in [0.4, 0.5) is 0 Å². The van der Waals surface area contributed by atoms with Crippen LogP contribution in [0.1, 0.15) is 13.8 Å². The van der Waals surface area contributed by atoms with Crippen molar-refractivity contribution in [2.45, 2.75) is 44.1 Å². The Balaban J connectivity index is 2.16. The highest BCUT2D eigenvalue weighted by atomic mass is 32.2. The summed E-state index contributed by atoms with van der Waals surface area (Å²) < 4.78 is 11.1. The summed E-state index contributed by atoms with van der Waals surface area (Å²) in [5.74, 6) is 0.495. The van der Waals surface area contributed by atoms with E-state index >= 15 is 0 Å². The van der Waals surface area contributed by atoms with Crippen LogP contribution in [0.3, 0.4) is 0 Å². The largest absolute Gasteiger partial charge is 0.389 e. The van der Waals surface area contributed by atoms with Crippen molar-refractivity contribution < 1.29 is 19.7 Å². The van der Waals surface area contributed by atoms with Gasteiger partial charge in [-0.25, -0.2) is 0 Å². The summed E-state index contributed by atoms with van der Waals surface area (Å²) >= 11 is 1.53. The van der Waals surface area contributed by atoms with Crippen LogP contribution < -0.4 is 0 Å². The molecule has 2 aliphatic rings. The zero-order valence-electron chi connectivity index (χ0n) is 8.34. The van der Waals surface area contributed by atoms with Crippen molar-refractivity contribution in [1.82, 2.24) is 0 Å². The molecule has 2 rings (SSSR count). The second kappa shape index (κ2) is 3.64. The Kier molecular flexibility index (Phi) is 2.79. The van der Waals surface area contributed by atoms with E-state index in [0.29, 0.717) is 11.5 Å². The quantitative estimate of drug-likeness (QED) is 0.600. The zero-order chi connectivity index (χ0) is 10.3. The van der Waals surface area contributed by atoms with Crippen molar-refractivity contribution in [2.24, 2.45) is 0 Å². The predicted octanol–water partition coefficient (Wildman–Crippen LogP) is -0.0249. The van der Waals surface area contributed by atoms with Gasteiger partial charge in [0, 0.05) is 11.5 Å². The van der Waals surface area contributed by atoms with Crippen molar-refractivity contribution >= 4 is 11.8 Å². The molecule has 0 saturated carbocycles. The minimum atomic E-state index is -0.695. The first kappa shape index (κ1) is 10.7. The zero-order valence-corrected chi connectivity index (χ0v) is 9.16. The standard InChI is InChI=1S/C9H16O4S/c1-9(2)12-7-5(10)3-14-4-6(11)8(7)13-9/h5-8,10-11H,3-4H2,1-2H3/t5-,6+,7-,8-/m0/s1. The van der Waals surface area contributed by atoms with Gasteiger partial charge in [-0.2, -0.15) is 11.8 Å². The van der Waals surface area contributed by atoms with E-state index in [9.17, 15) is 10.2 Å². The van der Waals surface area contributed by atoms with Crippen molar-refractivity contribution in [3.63, 3.8) is 0 Å². The summed E-state index contributed by atoms with van der Waals surface area (Å²) in [6.07, 6.45) is -1.89. The molecule has 0 aromatic heterocycles. The van der Waals surface area contributed by atoms with Crippen LogP contribution in [0.25, 0.3) is 0 Å². The van der Waals surface area contributed by atoms with Crippen molar-refractivity contribution in [3.8, 4) is 0 Å². The van der Waals surface area contributed by atoms with Crippen LogP contribution in [0, 0.1) is 0 Å². The summed E-state index contributed by atoms with van der Waals surface area (Å²) in [5, 5.41) is 19.5. The van der Waals surface area contributed by atoms with Crippen molar-refractivity contribution in [3.05, 3.63) is 0 Å². The molecular formula is C9H16O4S. The van der Waals surface area contributed by atoms with E-state index in [4.69, 9.17) is 9.47 Å². The molecule has 4 nitrogen and oxygen atoms in total. The highest BCUT2D eigenvalue weighted by Gasteiger charge is 2.49. The number of hydrogen-bond acceptors (Lipinski definition) is 5. The molecular weight excluding hydrogens is 204 g/mol. The lowest BCUT2D eigenvalue weighted by atomic mass is 10.1. The second-order valence-electron chi connectivity index (χ2n) is 4.24. The molecule has 2 saturated heterocycles. The SMILES string of the molecule is CC1(C)O[C@@H]2[C@@H](O1)[C@@H](O)CSC[C@H]2O. The molecule has 0 bridgehead atoms. The van der Waals surface area contributed by atoms with Crippen LogP contribution >= 0.6 is 11.8 Å². The second-order valence-corrected chi connectivity index (χ2v) is 5.31. The van der Waals surface area contributed by atoms with Gasteiger partial charge in [0.25, 0.3) is 0 Å². The molecule has 5 heteroatoms. The van der Waals surface area contributed by atoms with Crippen LogP contribution in [0.15, 0.2) is 0 Å². The fourth-order valence-electron chi connectivity index (χ4n) is 1.91. The molecule has 0 aromatic carbocycles. The molecule has 2 aliphatic heterocycles. The number of rotatable bonds is 0. The van der Waals surface area contributed by atoms with Gasteiger partial charge in [-0.05, 0) is 13.8 Å². The Hall–Kier alpha value is 0.190. The van der Waals surface area contributed by atoms with Gasteiger partial charge in [0.1, 0.15) is 12.2 Å². The highest BCUT2D eigenvalue weighted by molar-refractivity contribution is 7.99. The first-order valence-corrected chi connectivity index (χ1v) is 5.94. The maximum atomic E-state index is 9.77. The topological polar surface area (TPSA) is 58.9 Å². The average molecular weight is 220 g/mol. The summed E-state index contributed by atoms with van der Waals surface area (Å²) in [6.45, 7) is 3.60. The molecule has 0 radical (unpaired) electrons. The molecule has 0 aliphatic carbocycles. The minimum Gasteiger partial charge on any atom is -0.389 e. The maximum absolute atomic E-state index is 9.77. The number of ether oxygens (including phenoxy) is 2. The Morgan fingerprint density at radius 1 is 1.07 bits per heavy atom. The minimum absolute atomic E-state index is 0.394. The number of thioether (sulfide) groups is 1. The van der Waals surface area contributed by atoms with E-state index < -0.39 is 30.2 Å². The molecule has 0 unspecified atom stereocenters. The first-order chi connectivity index (χ1) is 6.49. The Labute approximate surface area is 87.6 Å². The van der Waals surface area contributed by atoms with E-state index in [1.165, 1.54) is 11.8 Å². The lowest BCUT2D eigenvalue weighted by Gasteiger charge is -2.20. The molecule has 0 spiro atoms. The fourth-order valence-corrected chi connectivity index (χ4v) is 2.91. The van der Waals surface area contributed by atoms with Gasteiger partial charge >= 0.3 is 0 Å². The first-order valence-electron chi connectivity index (χ1n) is 4.79. The van der Waals surface area contributed by atoms with Gasteiger partial charge in [0.2, 0.25) is 0 Å². The Morgan fingerprint density at radius 3 is 1.93 bits per heavy atom. The van der Waals surface area contributed by atoms with E-state index in [1.807, 2.05) is 0 Å². The molecule has 2 heterocycles. The summed E-state index contributed by atoms with van der Waals surface area (Å²) in [4.78, 5) is 0. The Morgan fingerprint density at radius 2 is 1.50 bits per heavy atom. The van der Waals surface area contributed by atoms with Crippen LogP contribution in [-0.4, -0.2) is 51.9 Å². The van der Waals surface area contributed by atoms with Crippen molar-refractivity contribution in [2.75, 3.05) is 11.5 Å². The summed E-state index contributed by atoms with van der Waals surface area (Å²) in [6, 6.07) is 0. The van der Waals surface area contributed by atoms with Gasteiger partial charge < -0.3 is 19.7 Å². The van der Waals surface area contributed by atoms with Crippen LogP contribution in [-0.2, 0) is 9.47 Å².